The lowest BCUT2D eigenvalue weighted by Gasteiger charge is -2.09. The van der Waals surface area contributed by atoms with Crippen LogP contribution in [0.2, 0.25) is 0 Å². The first-order valence-corrected chi connectivity index (χ1v) is 8.34. The van der Waals surface area contributed by atoms with Crippen LogP contribution in [0, 0.1) is 0 Å². The fourth-order valence-corrected chi connectivity index (χ4v) is 2.54. The number of esters is 1. The van der Waals surface area contributed by atoms with Crippen molar-refractivity contribution in [3.8, 4) is 5.75 Å². The fourth-order valence-electron chi connectivity index (χ4n) is 2.54. The van der Waals surface area contributed by atoms with E-state index in [-0.39, 0.29) is 12.5 Å². The van der Waals surface area contributed by atoms with E-state index < -0.39 is 5.97 Å². The second kappa shape index (κ2) is 8.16. The number of carbonyl (C=O) groups is 2. The van der Waals surface area contributed by atoms with Crippen molar-refractivity contribution < 1.29 is 19.1 Å². The van der Waals surface area contributed by atoms with Gasteiger partial charge in [0.15, 0.2) is 6.61 Å². The van der Waals surface area contributed by atoms with E-state index in [9.17, 15) is 9.59 Å². The van der Waals surface area contributed by atoms with Crippen LogP contribution in [-0.4, -0.2) is 25.1 Å². The predicted molar refractivity (Wildman–Crippen MR) is 100 cm³/mol. The Balaban J connectivity index is 1.60. The minimum atomic E-state index is -0.420. The van der Waals surface area contributed by atoms with Gasteiger partial charge in [-0.15, -0.1) is 0 Å². The number of anilines is 1. The number of benzene rings is 3. The summed E-state index contributed by atoms with van der Waals surface area (Å²) in [4.78, 5) is 23.8. The van der Waals surface area contributed by atoms with Crippen molar-refractivity contribution in [3.63, 3.8) is 0 Å². The summed E-state index contributed by atoms with van der Waals surface area (Å²) in [5.41, 5.74) is 0.905. The van der Waals surface area contributed by atoms with Crippen LogP contribution in [0.15, 0.2) is 66.7 Å². The average molecular weight is 349 g/mol. The largest absolute Gasteiger partial charge is 0.484 e. The molecule has 0 aliphatic carbocycles. The highest BCUT2D eigenvalue weighted by Gasteiger charge is 2.09. The van der Waals surface area contributed by atoms with E-state index in [1.807, 2.05) is 42.5 Å². The summed E-state index contributed by atoms with van der Waals surface area (Å²) < 4.78 is 10.5. The van der Waals surface area contributed by atoms with Crippen LogP contribution in [0.4, 0.5) is 5.69 Å². The summed E-state index contributed by atoms with van der Waals surface area (Å²) in [6.07, 6.45) is 0. The molecule has 5 nitrogen and oxygen atoms in total. The summed E-state index contributed by atoms with van der Waals surface area (Å²) in [6, 6.07) is 20.2. The molecule has 3 aromatic rings. The summed E-state index contributed by atoms with van der Waals surface area (Å²) in [6.45, 7) is 1.92. The zero-order valence-electron chi connectivity index (χ0n) is 14.4. The molecule has 0 radical (unpaired) electrons. The molecule has 0 saturated heterocycles. The lowest BCUT2D eigenvalue weighted by molar-refractivity contribution is -0.118. The fraction of sp³-hybridized carbons (Fsp3) is 0.143. The molecule has 0 spiro atoms. The van der Waals surface area contributed by atoms with Gasteiger partial charge in [-0.25, -0.2) is 4.79 Å². The van der Waals surface area contributed by atoms with Gasteiger partial charge in [-0.05, 0) is 48.0 Å². The molecule has 1 N–H and O–H groups in total. The Morgan fingerprint density at radius 3 is 2.54 bits per heavy atom. The Bertz CT molecular complexity index is 936. The van der Waals surface area contributed by atoms with Crippen molar-refractivity contribution in [1.29, 1.82) is 0 Å². The number of carbonyl (C=O) groups excluding carboxylic acids is 2. The van der Waals surface area contributed by atoms with Gasteiger partial charge in [-0.3, -0.25) is 4.79 Å². The Kier molecular flexibility index (Phi) is 5.49. The molecule has 0 heterocycles. The molecule has 3 rings (SSSR count). The third-order valence-corrected chi connectivity index (χ3v) is 3.75. The van der Waals surface area contributed by atoms with E-state index >= 15 is 0 Å². The smallest absolute Gasteiger partial charge is 0.338 e. The Labute approximate surface area is 151 Å². The van der Waals surface area contributed by atoms with Crippen LogP contribution in [0.25, 0.3) is 10.8 Å². The van der Waals surface area contributed by atoms with Crippen molar-refractivity contribution >= 4 is 28.3 Å². The van der Waals surface area contributed by atoms with Gasteiger partial charge in [0, 0.05) is 5.69 Å². The molecule has 5 heteroatoms. The van der Waals surface area contributed by atoms with Crippen LogP contribution in [0.3, 0.4) is 0 Å². The molecule has 0 bridgehead atoms. The van der Waals surface area contributed by atoms with Gasteiger partial charge in [0.1, 0.15) is 5.75 Å². The number of rotatable bonds is 6. The van der Waals surface area contributed by atoms with Crippen LogP contribution in [-0.2, 0) is 9.53 Å². The van der Waals surface area contributed by atoms with Gasteiger partial charge in [-0.1, -0.05) is 36.4 Å². The van der Waals surface area contributed by atoms with E-state index in [0.29, 0.717) is 23.6 Å². The molecule has 26 heavy (non-hydrogen) atoms. The van der Waals surface area contributed by atoms with E-state index in [0.717, 1.165) is 10.8 Å². The normalized spacial score (nSPS) is 10.3. The summed E-state index contributed by atoms with van der Waals surface area (Å²) in [7, 11) is 0. The van der Waals surface area contributed by atoms with Crippen LogP contribution in [0.1, 0.15) is 17.3 Å². The van der Waals surface area contributed by atoms with Gasteiger partial charge < -0.3 is 14.8 Å². The molecule has 0 fully saturated rings. The molecule has 0 aliphatic rings. The summed E-state index contributed by atoms with van der Waals surface area (Å²) in [5, 5.41) is 4.87. The maximum Gasteiger partial charge on any atom is 0.338 e. The predicted octanol–water partition coefficient (Wildman–Crippen LogP) is 4.03. The topological polar surface area (TPSA) is 64.6 Å². The van der Waals surface area contributed by atoms with Gasteiger partial charge in [-0.2, -0.15) is 0 Å². The van der Waals surface area contributed by atoms with Gasteiger partial charge in [0.05, 0.1) is 12.2 Å². The highest BCUT2D eigenvalue weighted by Crippen LogP contribution is 2.20. The van der Waals surface area contributed by atoms with Crippen molar-refractivity contribution in [2.75, 3.05) is 18.5 Å². The number of hydrogen-bond donors (Lipinski definition) is 1. The number of hydrogen-bond acceptors (Lipinski definition) is 4. The maximum absolute atomic E-state index is 12.1. The highest BCUT2D eigenvalue weighted by atomic mass is 16.5. The first kappa shape index (κ1) is 17.5. The molecule has 0 aromatic heterocycles. The molecule has 0 aliphatic heterocycles. The minimum Gasteiger partial charge on any atom is -0.484 e. The number of nitrogens with one attached hydrogen (secondary N) is 1. The van der Waals surface area contributed by atoms with E-state index in [1.165, 1.54) is 0 Å². The second-order valence-corrected chi connectivity index (χ2v) is 5.65. The maximum atomic E-state index is 12.1. The highest BCUT2D eigenvalue weighted by molar-refractivity contribution is 5.95. The lowest BCUT2D eigenvalue weighted by Crippen LogP contribution is -2.20. The number of amides is 1. The summed E-state index contributed by atoms with van der Waals surface area (Å²) in [5.74, 6) is -0.102. The molecular weight excluding hydrogens is 330 g/mol. The van der Waals surface area contributed by atoms with Gasteiger partial charge in [0.25, 0.3) is 5.91 Å². The molecule has 132 valence electrons. The van der Waals surface area contributed by atoms with Crippen molar-refractivity contribution in [2.45, 2.75) is 6.92 Å². The minimum absolute atomic E-state index is 0.123. The SMILES string of the molecule is CCOC(=O)c1cccc(NC(=O)COc2ccc3ccccc3c2)c1. The van der Waals surface area contributed by atoms with E-state index in [1.54, 1.807) is 31.2 Å². The quantitative estimate of drug-likeness (QED) is 0.682. The Hall–Kier alpha value is -3.34. The first-order valence-electron chi connectivity index (χ1n) is 8.34. The van der Waals surface area contributed by atoms with Crippen molar-refractivity contribution in [1.82, 2.24) is 0 Å². The Morgan fingerprint density at radius 1 is 0.923 bits per heavy atom. The zero-order chi connectivity index (χ0) is 18.4. The molecule has 1 amide bonds. The molecule has 0 unspecified atom stereocenters. The first-order chi connectivity index (χ1) is 12.7. The zero-order valence-corrected chi connectivity index (χ0v) is 14.4. The molecular formula is C21H19NO4. The van der Waals surface area contributed by atoms with E-state index in [4.69, 9.17) is 9.47 Å². The third kappa shape index (κ3) is 4.39. The third-order valence-electron chi connectivity index (χ3n) is 3.75. The molecule has 0 saturated carbocycles. The second-order valence-electron chi connectivity index (χ2n) is 5.65. The monoisotopic (exact) mass is 349 g/mol. The van der Waals surface area contributed by atoms with Gasteiger partial charge in [0.2, 0.25) is 0 Å². The van der Waals surface area contributed by atoms with Crippen LogP contribution in [0.5, 0.6) is 5.75 Å². The Morgan fingerprint density at radius 2 is 1.73 bits per heavy atom. The lowest BCUT2D eigenvalue weighted by atomic mass is 10.1. The average Bonchev–Trinajstić information content (AvgIpc) is 2.66. The molecule has 3 aromatic carbocycles. The summed E-state index contributed by atoms with van der Waals surface area (Å²) >= 11 is 0. The standard InChI is InChI=1S/C21H19NO4/c1-2-25-21(24)17-8-5-9-18(12-17)22-20(23)14-26-19-11-10-15-6-3-4-7-16(15)13-19/h3-13H,2,14H2,1H3,(H,22,23). The number of ether oxygens (including phenoxy) is 2. The molecule has 0 atom stereocenters. The van der Waals surface area contributed by atoms with E-state index in [2.05, 4.69) is 5.32 Å². The van der Waals surface area contributed by atoms with Crippen LogP contribution >= 0.6 is 0 Å². The van der Waals surface area contributed by atoms with Gasteiger partial charge >= 0.3 is 5.97 Å². The number of fused-ring (bicyclic) bond motifs is 1. The van der Waals surface area contributed by atoms with Crippen LogP contribution < -0.4 is 10.1 Å². The van der Waals surface area contributed by atoms with Crippen molar-refractivity contribution in [2.24, 2.45) is 0 Å². The van der Waals surface area contributed by atoms with Crippen molar-refractivity contribution in [3.05, 3.63) is 72.3 Å².